The fourth-order valence-corrected chi connectivity index (χ4v) is 3.64. The monoisotopic (exact) mass is 168 g/mol. The molecule has 7 heavy (non-hydrogen) atoms. The molecule has 1 rings (SSSR count). The molecular formula is C3H4S4. The first-order chi connectivity index (χ1) is 3.30. The predicted molar refractivity (Wildman–Crippen MR) is 45.4 cm³/mol. The molecule has 1 heterocycles. The second-order valence-corrected chi connectivity index (χ2v) is 5.14. The minimum absolute atomic E-state index is 0.319. The zero-order valence-electron chi connectivity index (χ0n) is 3.46. The van der Waals surface area contributed by atoms with Crippen molar-refractivity contribution in [3.8, 4) is 0 Å². The Hall–Kier alpha value is 1.14. The quantitative estimate of drug-likeness (QED) is 0.434. The topological polar surface area (TPSA) is 0 Å². The number of thioether (sulfide) groups is 2. The van der Waals surface area contributed by atoms with Gasteiger partial charge in [0.1, 0.15) is 0 Å². The van der Waals surface area contributed by atoms with Gasteiger partial charge in [-0.15, -0.1) is 23.5 Å². The largest absolute Gasteiger partial charge is 0.159 e. The summed E-state index contributed by atoms with van der Waals surface area (Å²) in [6, 6.07) is 0. The molecule has 1 aliphatic rings. The average molecular weight is 168 g/mol. The number of hydrogen-bond acceptors (Lipinski definition) is 4. The normalized spacial score (nSPS) is 31.6. The molecule has 1 saturated heterocycles. The molecule has 1 fully saturated rings. The van der Waals surface area contributed by atoms with Crippen LogP contribution in [0.2, 0.25) is 0 Å². The molecule has 0 amide bonds. The summed E-state index contributed by atoms with van der Waals surface area (Å²) in [5, 5.41) is 1.09. The highest BCUT2D eigenvalue weighted by atomic mass is 32.2. The van der Waals surface area contributed by atoms with Crippen LogP contribution in [-0.2, 0) is 0 Å². The van der Waals surface area contributed by atoms with Gasteiger partial charge in [-0.25, -0.2) is 0 Å². The molecule has 0 saturated carbocycles. The zero-order chi connectivity index (χ0) is 5.28. The molecule has 1 unspecified atom stereocenters. The molecule has 0 aromatic carbocycles. The second-order valence-electron chi connectivity index (χ2n) is 1.10. The SMILES string of the molecule is S=C1SCSC1S. The summed E-state index contributed by atoms with van der Waals surface area (Å²) in [6.45, 7) is 0. The lowest BCUT2D eigenvalue weighted by Crippen LogP contribution is -1.92. The van der Waals surface area contributed by atoms with Crippen LogP contribution in [0, 0.1) is 0 Å². The van der Waals surface area contributed by atoms with Gasteiger partial charge in [-0.2, -0.15) is 12.6 Å². The van der Waals surface area contributed by atoms with Crippen LogP contribution in [0.1, 0.15) is 0 Å². The molecule has 0 N–H and O–H groups in total. The number of thiol groups is 1. The standard InChI is InChI=1S/C3H4S4/c4-2-3(5)7-1-6-2/h2,4H,1H2. The molecular weight excluding hydrogens is 164 g/mol. The van der Waals surface area contributed by atoms with Crippen molar-refractivity contribution in [2.24, 2.45) is 0 Å². The zero-order valence-corrected chi connectivity index (χ0v) is 6.80. The first kappa shape index (κ1) is 6.26. The van der Waals surface area contributed by atoms with Gasteiger partial charge < -0.3 is 0 Å². The van der Waals surface area contributed by atoms with Crippen molar-refractivity contribution in [3.05, 3.63) is 0 Å². The number of rotatable bonds is 0. The van der Waals surface area contributed by atoms with E-state index in [2.05, 4.69) is 12.6 Å². The van der Waals surface area contributed by atoms with Crippen molar-refractivity contribution in [1.82, 2.24) is 0 Å². The van der Waals surface area contributed by atoms with Crippen LogP contribution in [0.15, 0.2) is 0 Å². The molecule has 0 aromatic heterocycles. The fraction of sp³-hybridized carbons (Fsp3) is 0.667. The predicted octanol–water partition coefficient (Wildman–Crippen LogP) is 2.01. The number of thiocarbonyl (C=S) groups is 1. The summed E-state index contributed by atoms with van der Waals surface area (Å²) in [5.74, 6) is 0. The second kappa shape index (κ2) is 2.62. The molecule has 1 aliphatic heterocycles. The van der Waals surface area contributed by atoms with E-state index in [1.165, 1.54) is 0 Å². The van der Waals surface area contributed by atoms with Gasteiger partial charge in [-0.1, -0.05) is 12.2 Å². The van der Waals surface area contributed by atoms with E-state index in [1.54, 1.807) is 23.5 Å². The lowest BCUT2D eigenvalue weighted by Gasteiger charge is -1.91. The molecule has 4 heteroatoms. The van der Waals surface area contributed by atoms with Crippen LogP contribution in [0.4, 0.5) is 0 Å². The van der Waals surface area contributed by atoms with Gasteiger partial charge in [0.25, 0.3) is 0 Å². The summed E-state index contributed by atoms with van der Waals surface area (Å²) in [7, 11) is 0. The molecule has 0 bridgehead atoms. The molecule has 0 spiro atoms. The van der Waals surface area contributed by atoms with Gasteiger partial charge in [0.05, 0.1) is 8.78 Å². The lowest BCUT2D eigenvalue weighted by atomic mass is 10.9. The Morgan fingerprint density at radius 1 is 1.86 bits per heavy atom. The van der Waals surface area contributed by atoms with E-state index in [9.17, 15) is 0 Å². The Labute approximate surface area is 62.2 Å². The average Bonchev–Trinajstić information content (AvgIpc) is 1.91. The Morgan fingerprint density at radius 3 is 2.71 bits per heavy atom. The summed E-state index contributed by atoms with van der Waals surface area (Å²) in [4.78, 5) is 0. The van der Waals surface area contributed by atoms with Crippen molar-refractivity contribution in [2.45, 2.75) is 4.58 Å². The van der Waals surface area contributed by atoms with Crippen molar-refractivity contribution in [3.63, 3.8) is 0 Å². The summed E-state index contributed by atoms with van der Waals surface area (Å²) in [5.41, 5.74) is 0. The van der Waals surface area contributed by atoms with E-state index in [0.717, 1.165) is 9.28 Å². The molecule has 40 valence electrons. The Bertz CT molecular complexity index is 88.9. The highest BCUT2D eigenvalue weighted by molar-refractivity contribution is 8.38. The number of hydrogen-bond donors (Lipinski definition) is 1. The Kier molecular flexibility index (Phi) is 2.34. The molecule has 0 nitrogen and oxygen atoms in total. The highest BCUT2D eigenvalue weighted by Crippen LogP contribution is 2.34. The van der Waals surface area contributed by atoms with Crippen molar-refractivity contribution in [1.29, 1.82) is 0 Å². The molecule has 1 atom stereocenters. The third kappa shape index (κ3) is 1.52. The minimum Gasteiger partial charge on any atom is -0.159 e. The van der Waals surface area contributed by atoms with E-state index in [-0.39, 0.29) is 0 Å². The van der Waals surface area contributed by atoms with E-state index < -0.39 is 0 Å². The van der Waals surface area contributed by atoms with E-state index in [1.807, 2.05) is 0 Å². The fourth-order valence-electron chi connectivity index (χ4n) is 0.296. The van der Waals surface area contributed by atoms with Crippen molar-refractivity contribution < 1.29 is 0 Å². The third-order valence-electron chi connectivity index (χ3n) is 0.629. The summed E-state index contributed by atoms with van der Waals surface area (Å²) < 4.78 is 1.35. The molecule has 0 aromatic rings. The first-order valence-electron chi connectivity index (χ1n) is 1.77. The van der Waals surface area contributed by atoms with Gasteiger partial charge in [0, 0.05) is 5.08 Å². The van der Waals surface area contributed by atoms with Crippen LogP contribution >= 0.6 is 48.4 Å². The summed E-state index contributed by atoms with van der Waals surface area (Å²) in [6.07, 6.45) is 0. The summed E-state index contributed by atoms with van der Waals surface area (Å²) >= 11 is 12.6. The maximum Gasteiger partial charge on any atom is 0.0891 e. The molecule has 0 aliphatic carbocycles. The van der Waals surface area contributed by atoms with Crippen LogP contribution in [0.5, 0.6) is 0 Å². The minimum atomic E-state index is 0.319. The van der Waals surface area contributed by atoms with Crippen LogP contribution in [0.25, 0.3) is 0 Å². The first-order valence-corrected chi connectivity index (χ1v) is 4.73. The van der Waals surface area contributed by atoms with E-state index in [4.69, 9.17) is 12.2 Å². The maximum atomic E-state index is 4.91. The van der Waals surface area contributed by atoms with Gasteiger partial charge in [0.15, 0.2) is 0 Å². The van der Waals surface area contributed by atoms with Crippen LogP contribution in [0.3, 0.4) is 0 Å². The van der Waals surface area contributed by atoms with E-state index >= 15 is 0 Å². The van der Waals surface area contributed by atoms with Gasteiger partial charge in [-0.05, 0) is 0 Å². The van der Waals surface area contributed by atoms with Crippen LogP contribution in [-0.4, -0.2) is 13.9 Å². The van der Waals surface area contributed by atoms with Crippen LogP contribution < -0.4 is 0 Å². The molecule has 0 radical (unpaired) electrons. The van der Waals surface area contributed by atoms with Gasteiger partial charge in [0.2, 0.25) is 0 Å². The van der Waals surface area contributed by atoms with Crippen molar-refractivity contribution in [2.75, 3.05) is 5.08 Å². The van der Waals surface area contributed by atoms with E-state index in [0.29, 0.717) is 4.58 Å². The smallest absolute Gasteiger partial charge is 0.0891 e. The van der Waals surface area contributed by atoms with Gasteiger partial charge >= 0.3 is 0 Å². The van der Waals surface area contributed by atoms with Crippen molar-refractivity contribution >= 4 is 52.6 Å². The third-order valence-corrected chi connectivity index (χ3v) is 4.66. The highest BCUT2D eigenvalue weighted by Gasteiger charge is 2.16. The Morgan fingerprint density at radius 2 is 2.57 bits per heavy atom. The Balaban J connectivity index is 2.48. The lowest BCUT2D eigenvalue weighted by molar-refractivity contribution is 1.98. The maximum absolute atomic E-state index is 4.91. The van der Waals surface area contributed by atoms with Gasteiger partial charge in [-0.3, -0.25) is 0 Å².